The average molecular weight is 410 g/mol. The van der Waals surface area contributed by atoms with Gasteiger partial charge in [0.25, 0.3) is 0 Å². The Morgan fingerprint density at radius 3 is 1.73 bits per heavy atom. The van der Waals surface area contributed by atoms with Gasteiger partial charge in [-0.3, -0.25) is 4.79 Å². The molecule has 1 N–H and O–H groups in total. The van der Waals surface area contributed by atoms with E-state index < -0.39 is 13.9 Å². The van der Waals surface area contributed by atoms with Crippen molar-refractivity contribution in [1.29, 1.82) is 0 Å². The summed E-state index contributed by atoms with van der Waals surface area (Å²) in [6.07, 6.45) is 0.653. The van der Waals surface area contributed by atoms with E-state index in [1.165, 1.54) is 21.5 Å². The molecular formula is C27H23O2P. The summed E-state index contributed by atoms with van der Waals surface area (Å²) in [6.45, 7) is 0. The molecule has 0 saturated heterocycles. The van der Waals surface area contributed by atoms with Gasteiger partial charge in [-0.25, -0.2) is 0 Å². The first-order chi connectivity index (χ1) is 14.7. The van der Waals surface area contributed by atoms with E-state index in [-0.39, 0.29) is 6.42 Å². The maximum absolute atomic E-state index is 11.2. The molecule has 0 aliphatic heterocycles. The minimum Gasteiger partial charge on any atom is -0.481 e. The average Bonchev–Trinajstić information content (AvgIpc) is 2.80. The second-order valence-electron chi connectivity index (χ2n) is 7.07. The van der Waals surface area contributed by atoms with Gasteiger partial charge in [-0.1, -0.05) is 109 Å². The Labute approximate surface area is 178 Å². The summed E-state index contributed by atoms with van der Waals surface area (Å²) in [5, 5.41) is 13.1. The highest BCUT2D eigenvalue weighted by atomic mass is 31.1. The summed E-state index contributed by atoms with van der Waals surface area (Å²) in [5.74, 6) is -0.770. The van der Waals surface area contributed by atoms with Gasteiger partial charge in [0.2, 0.25) is 0 Å². The molecule has 0 unspecified atom stereocenters. The van der Waals surface area contributed by atoms with Gasteiger partial charge < -0.3 is 5.11 Å². The molecule has 0 aliphatic rings. The van der Waals surface area contributed by atoms with Crippen molar-refractivity contribution in [3.05, 3.63) is 115 Å². The largest absolute Gasteiger partial charge is 0.481 e. The van der Waals surface area contributed by atoms with Crippen molar-refractivity contribution in [2.45, 2.75) is 12.8 Å². The molecule has 0 heterocycles. The van der Waals surface area contributed by atoms with Crippen LogP contribution in [0.3, 0.4) is 0 Å². The van der Waals surface area contributed by atoms with E-state index in [4.69, 9.17) is 0 Å². The van der Waals surface area contributed by atoms with Crippen molar-refractivity contribution < 1.29 is 9.90 Å². The van der Waals surface area contributed by atoms with E-state index >= 15 is 0 Å². The molecule has 0 bridgehead atoms. The lowest BCUT2D eigenvalue weighted by atomic mass is 9.97. The van der Waals surface area contributed by atoms with Crippen LogP contribution < -0.4 is 15.9 Å². The van der Waals surface area contributed by atoms with Crippen LogP contribution in [-0.2, 0) is 11.2 Å². The molecule has 4 rings (SSSR count). The monoisotopic (exact) mass is 410 g/mol. The molecule has 4 aromatic rings. The van der Waals surface area contributed by atoms with Crippen molar-refractivity contribution in [3.8, 4) is 11.1 Å². The van der Waals surface area contributed by atoms with Crippen LogP contribution in [0.25, 0.3) is 11.1 Å². The highest BCUT2D eigenvalue weighted by Gasteiger charge is 2.20. The lowest BCUT2D eigenvalue weighted by Crippen LogP contribution is -2.22. The molecular weight excluding hydrogens is 387 g/mol. The SMILES string of the molecule is O=C(O)CCc1ccccc1-c1ccccc1P(c1ccccc1)c1ccccc1. The summed E-state index contributed by atoms with van der Waals surface area (Å²) in [5.41, 5.74) is 3.37. The Bertz CT molecular complexity index is 1080. The predicted octanol–water partition coefficient (Wildman–Crippen LogP) is 5.13. The number of hydrogen-bond donors (Lipinski definition) is 1. The summed E-state index contributed by atoms with van der Waals surface area (Å²) in [4.78, 5) is 11.2. The third-order valence-electron chi connectivity index (χ3n) is 5.09. The molecule has 0 spiro atoms. The van der Waals surface area contributed by atoms with Crippen molar-refractivity contribution in [1.82, 2.24) is 0 Å². The maximum Gasteiger partial charge on any atom is 0.303 e. The van der Waals surface area contributed by atoms with E-state index in [1.807, 2.05) is 18.2 Å². The molecule has 148 valence electrons. The van der Waals surface area contributed by atoms with Crippen LogP contribution in [0.4, 0.5) is 0 Å². The maximum atomic E-state index is 11.2. The fourth-order valence-electron chi connectivity index (χ4n) is 3.72. The summed E-state index contributed by atoms with van der Waals surface area (Å²) in [7, 11) is -0.741. The van der Waals surface area contributed by atoms with Gasteiger partial charge in [-0.15, -0.1) is 0 Å². The molecule has 30 heavy (non-hydrogen) atoms. The van der Waals surface area contributed by atoms with Crippen LogP contribution in [0.2, 0.25) is 0 Å². The third kappa shape index (κ3) is 4.50. The van der Waals surface area contributed by atoms with Gasteiger partial charge in [0, 0.05) is 6.42 Å². The molecule has 4 aromatic carbocycles. The highest BCUT2D eigenvalue weighted by molar-refractivity contribution is 7.80. The number of rotatable bonds is 7. The van der Waals surface area contributed by atoms with Crippen LogP contribution in [0.1, 0.15) is 12.0 Å². The third-order valence-corrected chi connectivity index (χ3v) is 7.59. The first-order valence-electron chi connectivity index (χ1n) is 10.0. The standard InChI is InChI=1S/C27H23O2P/c28-27(29)20-19-21-11-7-8-16-24(21)25-17-9-10-18-26(25)30(22-12-3-1-4-13-22)23-14-5-2-6-15-23/h1-18H,19-20H2,(H,28,29). The van der Waals surface area contributed by atoms with Crippen molar-refractivity contribution >= 4 is 29.8 Å². The first-order valence-corrected chi connectivity index (χ1v) is 11.4. The van der Waals surface area contributed by atoms with Crippen molar-refractivity contribution in [2.75, 3.05) is 0 Å². The molecule has 0 saturated carbocycles. The van der Waals surface area contributed by atoms with Crippen LogP contribution in [0.5, 0.6) is 0 Å². The second kappa shape index (κ2) is 9.52. The number of hydrogen-bond acceptors (Lipinski definition) is 1. The molecule has 2 nitrogen and oxygen atoms in total. The number of carboxylic acid groups (broad SMARTS) is 1. The number of carboxylic acids is 1. The molecule has 0 atom stereocenters. The quantitative estimate of drug-likeness (QED) is 0.429. The van der Waals surface area contributed by atoms with Crippen LogP contribution in [-0.4, -0.2) is 11.1 Å². The minimum absolute atomic E-state index is 0.130. The predicted molar refractivity (Wildman–Crippen MR) is 127 cm³/mol. The number of aryl methyl sites for hydroxylation is 1. The lowest BCUT2D eigenvalue weighted by Gasteiger charge is -2.23. The zero-order valence-corrected chi connectivity index (χ0v) is 17.5. The van der Waals surface area contributed by atoms with Gasteiger partial charge >= 0.3 is 5.97 Å². The van der Waals surface area contributed by atoms with Crippen LogP contribution in [0, 0.1) is 0 Å². The molecule has 0 radical (unpaired) electrons. The zero-order chi connectivity index (χ0) is 20.8. The number of carbonyl (C=O) groups is 1. The summed E-state index contributed by atoms with van der Waals surface area (Å²) < 4.78 is 0. The molecule has 0 aliphatic carbocycles. The van der Waals surface area contributed by atoms with Crippen molar-refractivity contribution in [3.63, 3.8) is 0 Å². The molecule has 0 aromatic heterocycles. The molecule has 0 amide bonds. The van der Waals surface area contributed by atoms with Crippen molar-refractivity contribution in [2.24, 2.45) is 0 Å². The Kier molecular flexibility index (Phi) is 6.37. The Balaban J connectivity index is 1.88. The van der Waals surface area contributed by atoms with Gasteiger partial charge in [0.05, 0.1) is 0 Å². The highest BCUT2D eigenvalue weighted by Crippen LogP contribution is 2.37. The fraction of sp³-hybridized carbons (Fsp3) is 0.0741. The molecule has 3 heteroatoms. The van der Waals surface area contributed by atoms with E-state index in [1.54, 1.807) is 0 Å². The first kappa shape index (κ1) is 20.1. The second-order valence-corrected chi connectivity index (χ2v) is 9.26. The van der Waals surface area contributed by atoms with E-state index in [0.29, 0.717) is 6.42 Å². The Morgan fingerprint density at radius 1 is 0.633 bits per heavy atom. The van der Waals surface area contributed by atoms with Gasteiger partial charge in [-0.05, 0) is 46.9 Å². The summed E-state index contributed by atoms with van der Waals surface area (Å²) in [6, 6.07) is 38.0. The zero-order valence-electron chi connectivity index (χ0n) is 16.6. The van der Waals surface area contributed by atoms with E-state index in [0.717, 1.165) is 11.1 Å². The van der Waals surface area contributed by atoms with Crippen LogP contribution in [0.15, 0.2) is 109 Å². The van der Waals surface area contributed by atoms with E-state index in [2.05, 4.69) is 91.0 Å². The van der Waals surface area contributed by atoms with Gasteiger partial charge in [0.15, 0.2) is 0 Å². The minimum atomic E-state index is -0.770. The normalized spacial score (nSPS) is 10.8. The Hall–Kier alpha value is -3.22. The lowest BCUT2D eigenvalue weighted by molar-refractivity contribution is -0.136. The molecule has 0 fully saturated rings. The fourth-order valence-corrected chi connectivity index (χ4v) is 6.19. The number of benzene rings is 4. The van der Waals surface area contributed by atoms with E-state index in [9.17, 15) is 9.90 Å². The number of aliphatic carboxylic acids is 1. The van der Waals surface area contributed by atoms with Gasteiger partial charge in [-0.2, -0.15) is 0 Å². The summed E-state index contributed by atoms with van der Waals surface area (Å²) >= 11 is 0. The van der Waals surface area contributed by atoms with Gasteiger partial charge in [0.1, 0.15) is 0 Å². The van der Waals surface area contributed by atoms with Crippen LogP contribution >= 0.6 is 7.92 Å². The topological polar surface area (TPSA) is 37.3 Å². The smallest absolute Gasteiger partial charge is 0.303 e. The Morgan fingerprint density at radius 2 is 1.13 bits per heavy atom.